The van der Waals surface area contributed by atoms with E-state index in [0.717, 1.165) is 5.92 Å². The van der Waals surface area contributed by atoms with Crippen molar-refractivity contribution < 1.29 is 9.53 Å². The van der Waals surface area contributed by atoms with Gasteiger partial charge in [0.15, 0.2) is 0 Å². The number of ether oxygens (including phenoxy) is 1. The van der Waals surface area contributed by atoms with Crippen LogP contribution in [0.4, 0.5) is 0 Å². The molecule has 2 heteroatoms. The Morgan fingerprint density at radius 1 is 1.11 bits per heavy atom. The predicted molar refractivity (Wildman–Crippen MR) is 77.4 cm³/mol. The van der Waals surface area contributed by atoms with Gasteiger partial charge in [-0.1, -0.05) is 25.5 Å². The Kier molecular flexibility index (Phi) is 5.00. The van der Waals surface area contributed by atoms with Crippen molar-refractivity contribution in [1.29, 1.82) is 0 Å². The molecule has 19 heavy (non-hydrogen) atoms. The molecule has 0 spiro atoms. The standard InChI is InChI=1S/C17H24O2/c1-3-13-5-7-14(8-6-13)15-9-11-16(12-10-15)17(18)19-4-2/h9-14H,3-8H2,1-2H3. The van der Waals surface area contributed by atoms with Crippen LogP contribution in [-0.4, -0.2) is 12.6 Å². The van der Waals surface area contributed by atoms with Crippen LogP contribution in [0.25, 0.3) is 0 Å². The molecule has 0 N–H and O–H groups in total. The molecule has 2 rings (SSSR count). The van der Waals surface area contributed by atoms with Gasteiger partial charge in [0.25, 0.3) is 0 Å². The summed E-state index contributed by atoms with van der Waals surface area (Å²) < 4.78 is 5.00. The minimum atomic E-state index is -0.219. The van der Waals surface area contributed by atoms with Gasteiger partial charge in [-0.3, -0.25) is 0 Å². The maximum absolute atomic E-state index is 11.6. The zero-order chi connectivity index (χ0) is 13.7. The molecule has 0 aliphatic heterocycles. The topological polar surface area (TPSA) is 26.3 Å². The van der Waals surface area contributed by atoms with Crippen LogP contribution in [0.2, 0.25) is 0 Å². The van der Waals surface area contributed by atoms with Gasteiger partial charge in [-0.2, -0.15) is 0 Å². The Morgan fingerprint density at radius 3 is 2.26 bits per heavy atom. The maximum Gasteiger partial charge on any atom is 0.338 e. The molecule has 1 saturated carbocycles. The molecular weight excluding hydrogens is 236 g/mol. The highest BCUT2D eigenvalue weighted by atomic mass is 16.5. The van der Waals surface area contributed by atoms with E-state index in [1.807, 2.05) is 19.1 Å². The van der Waals surface area contributed by atoms with E-state index in [1.54, 1.807) is 0 Å². The highest BCUT2D eigenvalue weighted by molar-refractivity contribution is 5.89. The molecule has 104 valence electrons. The van der Waals surface area contributed by atoms with Gasteiger partial charge in [-0.05, 0) is 62.1 Å². The van der Waals surface area contributed by atoms with Gasteiger partial charge in [-0.25, -0.2) is 4.79 Å². The summed E-state index contributed by atoms with van der Waals surface area (Å²) in [5.74, 6) is 1.39. The average molecular weight is 260 g/mol. The lowest BCUT2D eigenvalue weighted by Gasteiger charge is -2.28. The second kappa shape index (κ2) is 6.74. The van der Waals surface area contributed by atoms with Crippen LogP contribution in [-0.2, 0) is 4.74 Å². The van der Waals surface area contributed by atoms with Gasteiger partial charge in [0.2, 0.25) is 0 Å². The minimum Gasteiger partial charge on any atom is -0.462 e. The molecule has 0 aromatic heterocycles. The van der Waals surface area contributed by atoms with E-state index >= 15 is 0 Å². The highest BCUT2D eigenvalue weighted by Gasteiger charge is 2.21. The first-order chi connectivity index (χ1) is 9.24. The molecular formula is C17H24O2. The third kappa shape index (κ3) is 3.59. The summed E-state index contributed by atoms with van der Waals surface area (Å²) in [6, 6.07) is 8.00. The Hall–Kier alpha value is -1.31. The van der Waals surface area contributed by atoms with Gasteiger partial charge in [0.1, 0.15) is 0 Å². The summed E-state index contributed by atoms with van der Waals surface area (Å²) in [7, 11) is 0. The second-order valence-electron chi connectivity index (χ2n) is 5.47. The van der Waals surface area contributed by atoms with Crippen molar-refractivity contribution in [2.24, 2.45) is 5.92 Å². The average Bonchev–Trinajstić information content (AvgIpc) is 2.48. The second-order valence-corrected chi connectivity index (χ2v) is 5.47. The molecule has 2 nitrogen and oxygen atoms in total. The van der Waals surface area contributed by atoms with Crippen molar-refractivity contribution >= 4 is 5.97 Å². The molecule has 0 atom stereocenters. The zero-order valence-electron chi connectivity index (χ0n) is 12.0. The SMILES string of the molecule is CCOC(=O)c1ccc(C2CCC(CC)CC2)cc1. The van der Waals surface area contributed by atoms with Crippen molar-refractivity contribution in [3.63, 3.8) is 0 Å². The van der Waals surface area contributed by atoms with E-state index in [4.69, 9.17) is 4.74 Å². The molecule has 1 aliphatic rings. The molecule has 1 aliphatic carbocycles. The molecule has 0 amide bonds. The number of carbonyl (C=O) groups excluding carboxylic acids is 1. The lowest BCUT2D eigenvalue weighted by Crippen LogP contribution is -2.13. The highest BCUT2D eigenvalue weighted by Crippen LogP contribution is 2.36. The fourth-order valence-electron chi connectivity index (χ4n) is 3.01. The number of hydrogen-bond acceptors (Lipinski definition) is 2. The van der Waals surface area contributed by atoms with Crippen molar-refractivity contribution in [1.82, 2.24) is 0 Å². The van der Waals surface area contributed by atoms with Gasteiger partial charge in [0, 0.05) is 0 Å². The van der Waals surface area contributed by atoms with Crippen molar-refractivity contribution in [3.8, 4) is 0 Å². The number of hydrogen-bond donors (Lipinski definition) is 0. The molecule has 1 aromatic rings. The Balaban J connectivity index is 1.97. The fourth-order valence-corrected chi connectivity index (χ4v) is 3.01. The van der Waals surface area contributed by atoms with Crippen LogP contribution in [0.1, 0.15) is 67.8 Å². The number of benzene rings is 1. The third-order valence-electron chi connectivity index (χ3n) is 4.32. The van der Waals surface area contributed by atoms with Gasteiger partial charge in [-0.15, -0.1) is 0 Å². The zero-order valence-corrected chi connectivity index (χ0v) is 12.0. The van der Waals surface area contributed by atoms with Gasteiger partial charge >= 0.3 is 5.97 Å². The number of rotatable bonds is 4. The molecule has 0 radical (unpaired) electrons. The van der Waals surface area contributed by atoms with E-state index in [1.165, 1.54) is 37.7 Å². The van der Waals surface area contributed by atoms with Crippen molar-refractivity contribution in [3.05, 3.63) is 35.4 Å². The summed E-state index contributed by atoms with van der Waals surface area (Å²) in [6.45, 7) is 4.55. The van der Waals surface area contributed by atoms with E-state index in [9.17, 15) is 4.79 Å². The molecule has 0 saturated heterocycles. The Morgan fingerprint density at radius 2 is 1.74 bits per heavy atom. The van der Waals surface area contributed by atoms with E-state index in [-0.39, 0.29) is 5.97 Å². The lowest BCUT2D eigenvalue weighted by atomic mass is 9.78. The molecule has 1 fully saturated rings. The largest absolute Gasteiger partial charge is 0.462 e. The first kappa shape index (κ1) is 14.1. The van der Waals surface area contributed by atoms with Crippen LogP contribution in [0, 0.1) is 5.92 Å². The van der Waals surface area contributed by atoms with Crippen LogP contribution < -0.4 is 0 Å². The summed E-state index contributed by atoms with van der Waals surface area (Å²) in [5, 5.41) is 0. The van der Waals surface area contributed by atoms with Crippen LogP contribution in [0.3, 0.4) is 0 Å². The summed E-state index contributed by atoms with van der Waals surface area (Å²) in [4.78, 5) is 11.6. The number of esters is 1. The van der Waals surface area contributed by atoms with Crippen LogP contribution in [0.15, 0.2) is 24.3 Å². The van der Waals surface area contributed by atoms with Gasteiger partial charge < -0.3 is 4.74 Å². The summed E-state index contributed by atoms with van der Waals surface area (Å²) in [5.41, 5.74) is 2.04. The van der Waals surface area contributed by atoms with Crippen LogP contribution >= 0.6 is 0 Å². The molecule has 0 heterocycles. The fraction of sp³-hybridized carbons (Fsp3) is 0.588. The van der Waals surface area contributed by atoms with E-state index < -0.39 is 0 Å². The Bertz CT molecular complexity index is 400. The quantitative estimate of drug-likeness (QED) is 0.742. The van der Waals surface area contributed by atoms with E-state index in [2.05, 4.69) is 19.1 Å². The first-order valence-corrected chi connectivity index (χ1v) is 7.51. The summed E-state index contributed by atoms with van der Waals surface area (Å²) >= 11 is 0. The normalized spacial score (nSPS) is 23.1. The van der Waals surface area contributed by atoms with Crippen LogP contribution in [0.5, 0.6) is 0 Å². The predicted octanol–water partition coefficient (Wildman–Crippen LogP) is 4.55. The van der Waals surface area contributed by atoms with E-state index in [0.29, 0.717) is 18.1 Å². The molecule has 0 bridgehead atoms. The third-order valence-corrected chi connectivity index (χ3v) is 4.32. The summed E-state index contributed by atoms with van der Waals surface area (Å²) in [6.07, 6.45) is 6.59. The monoisotopic (exact) mass is 260 g/mol. The van der Waals surface area contributed by atoms with Crippen molar-refractivity contribution in [2.75, 3.05) is 6.61 Å². The number of carbonyl (C=O) groups is 1. The molecule has 1 aromatic carbocycles. The Labute approximate surface area is 116 Å². The first-order valence-electron chi connectivity index (χ1n) is 7.51. The smallest absolute Gasteiger partial charge is 0.338 e. The maximum atomic E-state index is 11.6. The minimum absolute atomic E-state index is 0.219. The van der Waals surface area contributed by atoms with Crippen molar-refractivity contribution in [2.45, 2.75) is 51.9 Å². The lowest BCUT2D eigenvalue weighted by molar-refractivity contribution is 0.0526. The molecule has 0 unspecified atom stereocenters. The van der Waals surface area contributed by atoms with Gasteiger partial charge in [0.05, 0.1) is 12.2 Å².